The number of benzene rings is 3. The molecule has 36 heavy (non-hydrogen) atoms. The van der Waals surface area contributed by atoms with E-state index in [0.29, 0.717) is 42.4 Å². The first-order chi connectivity index (χ1) is 17.3. The second-order valence-corrected chi connectivity index (χ2v) is 8.71. The zero-order valence-corrected chi connectivity index (χ0v) is 21.2. The standard InChI is InChI=1S/C28H35N5O3/c1-32(2)15-16-33(3)23-11-9-22(10-12-23)28(34)31-27(30)25-14-13-24(19-26(25)29)36-18-17-35-20-21-7-5-4-6-8-21/h4-14,19H,15-18,20,29H2,1-3H3,(H2,30,31,34). The zero-order valence-electron chi connectivity index (χ0n) is 21.2. The van der Waals surface area contributed by atoms with E-state index < -0.39 is 5.91 Å². The summed E-state index contributed by atoms with van der Waals surface area (Å²) >= 11 is 0. The van der Waals surface area contributed by atoms with Gasteiger partial charge in [-0.05, 0) is 56.1 Å². The molecule has 4 N–H and O–H groups in total. The van der Waals surface area contributed by atoms with Gasteiger partial charge in [0.2, 0.25) is 0 Å². The minimum Gasteiger partial charge on any atom is -0.491 e. The average Bonchev–Trinajstić information content (AvgIpc) is 2.87. The molecule has 0 atom stereocenters. The highest BCUT2D eigenvalue weighted by Crippen LogP contribution is 2.20. The van der Waals surface area contributed by atoms with Gasteiger partial charge in [-0.2, -0.15) is 4.99 Å². The van der Waals surface area contributed by atoms with Gasteiger partial charge in [-0.3, -0.25) is 4.79 Å². The van der Waals surface area contributed by atoms with E-state index >= 15 is 0 Å². The topological polar surface area (TPSA) is 106 Å². The fourth-order valence-electron chi connectivity index (χ4n) is 3.42. The molecular weight excluding hydrogens is 454 g/mol. The van der Waals surface area contributed by atoms with Gasteiger partial charge in [-0.25, -0.2) is 0 Å². The van der Waals surface area contributed by atoms with Crippen LogP contribution in [0.2, 0.25) is 0 Å². The number of nitrogens with zero attached hydrogens (tertiary/aromatic N) is 3. The van der Waals surface area contributed by atoms with Crippen LogP contribution in [0.3, 0.4) is 0 Å². The Hall–Kier alpha value is -3.88. The third kappa shape index (κ3) is 8.11. The van der Waals surface area contributed by atoms with Crippen LogP contribution in [0.4, 0.5) is 11.4 Å². The summed E-state index contributed by atoms with van der Waals surface area (Å²) in [6.45, 7) is 3.17. The third-order valence-electron chi connectivity index (χ3n) is 5.57. The van der Waals surface area contributed by atoms with Crippen LogP contribution in [0.15, 0.2) is 77.8 Å². The van der Waals surface area contributed by atoms with E-state index in [-0.39, 0.29) is 5.84 Å². The third-order valence-corrected chi connectivity index (χ3v) is 5.57. The van der Waals surface area contributed by atoms with Crippen LogP contribution in [0.5, 0.6) is 5.75 Å². The number of nitrogen functional groups attached to an aromatic ring is 1. The predicted octanol–water partition coefficient (Wildman–Crippen LogP) is 3.41. The smallest absolute Gasteiger partial charge is 0.278 e. The van der Waals surface area contributed by atoms with E-state index in [1.165, 1.54) is 0 Å². The van der Waals surface area contributed by atoms with Crippen molar-refractivity contribution >= 4 is 23.1 Å². The molecule has 8 heteroatoms. The van der Waals surface area contributed by atoms with Crippen LogP contribution < -0.4 is 21.1 Å². The van der Waals surface area contributed by atoms with E-state index in [4.69, 9.17) is 20.9 Å². The first-order valence-corrected chi connectivity index (χ1v) is 11.8. The number of likely N-dealkylation sites (N-methyl/N-ethyl adjacent to an activating group) is 2. The summed E-state index contributed by atoms with van der Waals surface area (Å²) in [5.74, 6) is 0.223. The van der Waals surface area contributed by atoms with Crippen molar-refractivity contribution < 1.29 is 14.3 Å². The van der Waals surface area contributed by atoms with Gasteiger partial charge < -0.3 is 30.7 Å². The van der Waals surface area contributed by atoms with Crippen LogP contribution in [0.25, 0.3) is 0 Å². The van der Waals surface area contributed by atoms with Crippen molar-refractivity contribution in [3.05, 3.63) is 89.5 Å². The molecule has 3 aromatic carbocycles. The lowest BCUT2D eigenvalue weighted by atomic mass is 10.1. The normalized spacial score (nSPS) is 11.5. The van der Waals surface area contributed by atoms with E-state index in [9.17, 15) is 4.79 Å². The lowest BCUT2D eigenvalue weighted by Crippen LogP contribution is -2.28. The summed E-state index contributed by atoms with van der Waals surface area (Å²) in [6.07, 6.45) is 0. The van der Waals surface area contributed by atoms with Gasteiger partial charge >= 0.3 is 0 Å². The summed E-state index contributed by atoms with van der Waals surface area (Å²) < 4.78 is 11.3. The molecule has 1 amide bonds. The molecule has 0 radical (unpaired) electrons. The maximum Gasteiger partial charge on any atom is 0.278 e. The minimum absolute atomic E-state index is 0.0578. The summed E-state index contributed by atoms with van der Waals surface area (Å²) in [6, 6.07) is 22.4. The highest BCUT2D eigenvalue weighted by Gasteiger charge is 2.11. The second-order valence-electron chi connectivity index (χ2n) is 8.71. The number of carbonyl (C=O) groups excluding carboxylic acids is 1. The fourth-order valence-corrected chi connectivity index (χ4v) is 3.42. The average molecular weight is 490 g/mol. The molecule has 190 valence electrons. The number of amidine groups is 1. The Labute approximate surface area is 213 Å². The quantitative estimate of drug-likeness (QED) is 0.174. The first kappa shape index (κ1) is 26.7. The molecule has 0 aliphatic rings. The highest BCUT2D eigenvalue weighted by molar-refractivity contribution is 6.11. The van der Waals surface area contributed by atoms with E-state index in [2.05, 4.69) is 14.8 Å². The minimum atomic E-state index is -0.426. The molecule has 0 saturated heterocycles. The fraction of sp³-hybridized carbons (Fsp3) is 0.286. The summed E-state index contributed by atoms with van der Waals surface area (Å²) in [7, 11) is 6.09. The van der Waals surface area contributed by atoms with Gasteiger partial charge in [0.1, 0.15) is 18.2 Å². The number of rotatable bonds is 12. The molecule has 0 aliphatic carbocycles. The van der Waals surface area contributed by atoms with Crippen LogP contribution in [0.1, 0.15) is 21.5 Å². The molecule has 0 heterocycles. The Morgan fingerprint density at radius 2 is 1.64 bits per heavy atom. The van der Waals surface area contributed by atoms with E-state index in [0.717, 1.165) is 24.3 Å². The number of hydrogen-bond acceptors (Lipinski definition) is 6. The summed E-state index contributed by atoms with van der Waals surface area (Å²) in [5.41, 5.74) is 15.7. The Balaban J connectivity index is 1.52. The Bertz CT molecular complexity index is 1150. The zero-order chi connectivity index (χ0) is 25.9. The molecule has 3 aromatic rings. The lowest BCUT2D eigenvalue weighted by Gasteiger charge is -2.21. The van der Waals surface area contributed by atoms with Crippen molar-refractivity contribution in [1.82, 2.24) is 4.90 Å². The molecule has 0 saturated carbocycles. The Morgan fingerprint density at radius 1 is 0.917 bits per heavy atom. The summed E-state index contributed by atoms with van der Waals surface area (Å²) in [5, 5.41) is 0. The maximum atomic E-state index is 12.6. The number of nitrogens with two attached hydrogens (primary N) is 2. The molecular formula is C28H35N5O3. The Kier molecular flexibility index (Phi) is 9.85. The van der Waals surface area contributed by atoms with Crippen molar-refractivity contribution in [3.8, 4) is 5.75 Å². The Morgan fingerprint density at radius 3 is 2.31 bits per heavy atom. The van der Waals surface area contributed by atoms with Crippen molar-refractivity contribution in [1.29, 1.82) is 0 Å². The molecule has 3 rings (SSSR count). The van der Waals surface area contributed by atoms with Crippen LogP contribution in [-0.2, 0) is 11.3 Å². The monoisotopic (exact) mass is 489 g/mol. The molecule has 0 bridgehead atoms. The molecule has 0 spiro atoms. The van der Waals surface area contributed by atoms with Crippen molar-refractivity contribution in [2.75, 3.05) is 58.1 Å². The van der Waals surface area contributed by atoms with E-state index in [1.807, 2.05) is 63.6 Å². The SMILES string of the molecule is CN(C)CCN(C)c1ccc(C(=O)N=C(N)c2ccc(OCCOCc3ccccc3)cc2N)cc1. The van der Waals surface area contributed by atoms with Crippen molar-refractivity contribution in [3.63, 3.8) is 0 Å². The second kappa shape index (κ2) is 13.3. The van der Waals surface area contributed by atoms with Crippen LogP contribution in [-0.4, -0.2) is 64.1 Å². The molecule has 0 unspecified atom stereocenters. The highest BCUT2D eigenvalue weighted by atomic mass is 16.5. The van der Waals surface area contributed by atoms with Gasteiger partial charge in [0.15, 0.2) is 0 Å². The number of hydrogen-bond donors (Lipinski definition) is 2. The van der Waals surface area contributed by atoms with Crippen LogP contribution >= 0.6 is 0 Å². The van der Waals surface area contributed by atoms with Gasteiger partial charge in [0.25, 0.3) is 5.91 Å². The largest absolute Gasteiger partial charge is 0.491 e. The number of anilines is 2. The predicted molar refractivity (Wildman–Crippen MR) is 146 cm³/mol. The number of carbonyl (C=O) groups is 1. The molecule has 0 aromatic heterocycles. The maximum absolute atomic E-state index is 12.6. The van der Waals surface area contributed by atoms with Crippen LogP contribution in [0, 0.1) is 0 Å². The van der Waals surface area contributed by atoms with Crippen molar-refractivity contribution in [2.24, 2.45) is 10.7 Å². The number of ether oxygens (including phenoxy) is 2. The molecule has 8 nitrogen and oxygen atoms in total. The first-order valence-electron chi connectivity index (χ1n) is 11.8. The van der Waals surface area contributed by atoms with Gasteiger partial charge in [0.05, 0.1) is 13.2 Å². The summed E-state index contributed by atoms with van der Waals surface area (Å²) in [4.78, 5) is 20.9. The van der Waals surface area contributed by atoms with Gasteiger partial charge in [-0.15, -0.1) is 0 Å². The molecule has 0 fully saturated rings. The number of aliphatic imine (C=N–C) groups is 1. The molecule has 0 aliphatic heterocycles. The van der Waals surface area contributed by atoms with Crippen molar-refractivity contribution in [2.45, 2.75) is 6.61 Å². The van der Waals surface area contributed by atoms with Gasteiger partial charge in [-0.1, -0.05) is 30.3 Å². The lowest BCUT2D eigenvalue weighted by molar-refractivity contribution is 0.0889. The van der Waals surface area contributed by atoms with E-state index in [1.54, 1.807) is 30.3 Å². The number of amides is 1. The van der Waals surface area contributed by atoms with Gasteiger partial charge in [0, 0.05) is 48.7 Å².